The number of likely N-dealkylation sites (tertiary alicyclic amines) is 1. The zero-order valence-electron chi connectivity index (χ0n) is 16.8. The molecule has 0 N–H and O–H groups in total. The Morgan fingerprint density at radius 2 is 1.87 bits per heavy atom. The van der Waals surface area contributed by atoms with Gasteiger partial charge in [0.1, 0.15) is 11.2 Å². The summed E-state index contributed by atoms with van der Waals surface area (Å²) in [5.41, 5.74) is 5.45. The number of pyridine rings is 1. The van der Waals surface area contributed by atoms with Crippen molar-refractivity contribution in [3.8, 4) is 11.3 Å². The number of piperidine rings is 1. The molecule has 7 heteroatoms. The maximum Gasteiger partial charge on any atom is 0.274 e. The van der Waals surface area contributed by atoms with Gasteiger partial charge in [0, 0.05) is 49.7 Å². The normalized spacial score (nSPS) is 14.9. The topological polar surface area (TPSA) is 76.8 Å². The first-order valence-corrected chi connectivity index (χ1v) is 10.1. The first kappa shape index (κ1) is 18.4. The van der Waals surface area contributed by atoms with Crippen molar-refractivity contribution >= 4 is 16.9 Å². The number of aromatic nitrogens is 5. The number of nitrogens with zero attached hydrogens (tertiary/aromatic N) is 6. The molecule has 0 saturated carbocycles. The lowest BCUT2D eigenvalue weighted by molar-refractivity contribution is 0.0705. The van der Waals surface area contributed by atoms with Gasteiger partial charge in [-0.3, -0.25) is 14.8 Å². The summed E-state index contributed by atoms with van der Waals surface area (Å²) >= 11 is 0. The third-order valence-electron chi connectivity index (χ3n) is 5.76. The Morgan fingerprint density at radius 3 is 2.60 bits per heavy atom. The molecule has 150 valence electrons. The van der Waals surface area contributed by atoms with Crippen molar-refractivity contribution in [1.29, 1.82) is 0 Å². The summed E-state index contributed by atoms with van der Waals surface area (Å²) in [6.45, 7) is 1.37. The summed E-state index contributed by atoms with van der Waals surface area (Å²) in [5, 5.41) is 0. The largest absolute Gasteiger partial charge is 0.337 e. The van der Waals surface area contributed by atoms with Crippen LogP contribution in [0, 0.1) is 0 Å². The Labute approximate surface area is 174 Å². The van der Waals surface area contributed by atoms with Gasteiger partial charge in [-0.25, -0.2) is 9.97 Å². The van der Waals surface area contributed by atoms with Crippen molar-refractivity contribution in [2.45, 2.75) is 18.8 Å². The van der Waals surface area contributed by atoms with E-state index in [4.69, 9.17) is 4.98 Å². The number of aryl methyl sites for hydroxylation is 1. The standard InChI is InChI=1S/C23H22N6O/c1-28-15-26-22-20(28)13-18(27-21(22)17-5-3-2-4-6-17)16-7-11-29(12-8-16)23(30)19-14-24-9-10-25-19/h2-6,9-10,13-16H,7-8,11-12H2,1H3. The SMILES string of the molecule is Cn1cnc2c(-c3ccccc3)nc(C3CCN(C(=O)c4cnccn4)CC3)cc21. The van der Waals surface area contributed by atoms with E-state index in [1.165, 1.54) is 6.20 Å². The van der Waals surface area contributed by atoms with Gasteiger partial charge in [-0.1, -0.05) is 30.3 Å². The fourth-order valence-corrected chi connectivity index (χ4v) is 4.10. The van der Waals surface area contributed by atoms with Crippen molar-refractivity contribution in [3.05, 3.63) is 72.7 Å². The van der Waals surface area contributed by atoms with Gasteiger partial charge in [0.2, 0.25) is 0 Å². The van der Waals surface area contributed by atoms with Crippen LogP contribution < -0.4 is 0 Å². The number of benzene rings is 1. The molecule has 30 heavy (non-hydrogen) atoms. The molecule has 0 atom stereocenters. The first-order chi connectivity index (χ1) is 14.7. The highest BCUT2D eigenvalue weighted by molar-refractivity contribution is 5.92. The maximum absolute atomic E-state index is 12.7. The number of amides is 1. The smallest absolute Gasteiger partial charge is 0.274 e. The highest BCUT2D eigenvalue weighted by Crippen LogP contribution is 2.33. The second-order valence-electron chi connectivity index (χ2n) is 7.64. The van der Waals surface area contributed by atoms with Crippen molar-refractivity contribution in [2.75, 3.05) is 13.1 Å². The molecule has 3 aromatic heterocycles. The average Bonchev–Trinajstić information content (AvgIpc) is 3.20. The molecule has 1 aliphatic rings. The lowest BCUT2D eigenvalue weighted by Crippen LogP contribution is -2.38. The van der Waals surface area contributed by atoms with Gasteiger partial charge in [0.25, 0.3) is 5.91 Å². The number of carbonyl (C=O) groups is 1. The molecular weight excluding hydrogens is 376 g/mol. The molecule has 4 aromatic rings. The second kappa shape index (κ2) is 7.67. The average molecular weight is 398 g/mol. The fourth-order valence-electron chi connectivity index (χ4n) is 4.10. The highest BCUT2D eigenvalue weighted by Gasteiger charge is 2.27. The summed E-state index contributed by atoms with van der Waals surface area (Å²) < 4.78 is 2.04. The monoisotopic (exact) mass is 398 g/mol. The minimum atomic E-state index is -0.0541. The Hall–Kier alpha value is -3.61. The van der Waals surface area contributed by atoms with E-state index in [0.29, 0.717) is 24.7 Å². The van der Waals surface area contributed by atoms with Crippen molar-refractivity contribution < 1.29 is 4.79 Å². The molecule has 0 radical (unpaired) electrons. The number of fused-ring (bicyclic) bond motifs is 1. The maximum atomic E-state index is 12.7. The van der Waals surface area contributed by atoms with Crippen molar-refractivity contribution in [1.82, 2.24) is 29.4 Å². The van der Waals surface area contributed by atoms with Crippen LogP contribution >= 0.6 is 0 Å². The summed E-state index contributed by atoms with van der Waals surface area (Å²) in [6.07, 6.45) is 8.24. The lowest BCUT2D eigenvalue weighted by Gasteiger charge is -2.31. The van der Waals surface area contributed by atoms with Gasteiger partial charge in [-0.15, -0.1) is 0 Å². The van der Waals surface area contributed by atoms with E-state index < -0.39 is 0 Å². The number of rotatable bonds is 3. The van der Waals surface area contributed by atoms with Crippen molar-refractivity contribution in [3.63, 3.8) is 0 Å². The quantitative estimate of drug-likeness (QED) is 0.528. The fraction of sp³-hybridized carbons (Fsp3) is 0.261. The molecule has 7 nitrogen and oxygen atoms in total. The van der Waals surface area contributed by atoms with Crippen LogP contribution in [0.4, 0.5) is 0 Å². The van der Waals surface area contributed by atoms with E-state index in [0.717, 1.165) is 40.8 Å². The Kier molecular flexibility index (Phi) is 4.71. The van der Waals surface area contributed by atoms with Gasteiger partial charge in [-0.05, 0) is 18.9 Å². The van der Waals surface area contributed by atoms with Gasteiger partial charge in [-0.2, -0.15) is 0 Å². The summed E-state index contributed by atoms with van der Waals surface area (Å²) in [5.74, 6) is 0.249. The molecule has 1 fully saturated rings. The second-order valence-corrected chi connectivity index (χ2v) is 7.64. The molecule has 1 saturated heterocycles. The predicted molar refractivity (Wildman–Crippen MR) is 114 cm³/mol. The first-order valence-electron chi connectivity index (χ1n) is 10.1. The molecule has 0 bridgehead atoms. The van der Waals surface area contributed by atoms with Crippen LogP contribution in [-0.2, 0) is 7.05 Å². The van der Waals surface area contributed by atoms with Gasteiger partial charge in [0.05, 0.1) is 23.7 Å². The third kappa shape index (κ3) is 3.32. The minimum Gasteiger partial charge on any atom is -0.337 e. The zero-order chi connectivity index (χ0) is 20.5. The number of imidazole rings is 1. The van der Waals surface area contributed by atoms with Crippen LogP contribution in [0.1, 0.15) is 34.9 Å². The third-order valence-corrected chi connectivity index (χ3v) is 5.76. The minimum absolute atomic E-state index is 0.0541. The Morgan fingerprint density at radius 1 is 1.07 bits per heavy atom. The van der Waals surface area contributed by atoms with Crippen LogP contribution in [0.25, 0.3) is 22.3 Å². The van der Waals surface area contributed by atoms with Gasteiger partial charge < -0.3 is 9.47 Å². The summed E-state index contributed by atoms with van der Waals surface area (Å²) in [4.78, 5) is 32.3. The molecule has 1 aromatic carbocycles. The molecule has 5 rings (SSSR count). The van der Waals surface area contributed by atoms with Crippen LogP contribution in [-0.4, -0.2) is 48.4 Å². The van der Waals surface area contributed by atoms with Gasteiger partial charge in [0.15, 0.2) is 0 Å². The molecule has 0 spiro atoms. The number of hydrogen-bond donors (Lipinski definition) is 0. The zero-order valence-corrected chi connectivity index (χ0v) is 16.8. The summed E-state index contributed by atoms with van der Waals surface area (Å²) in [6, 6.07) is 12.3. The molecule has 4 heterocycles. The Bertz CT molecular complexity index is 1180. The molecule has 0 aliphatic carbocycles. The van der Waals surface area contributed by atoms with E-state index in [9.17, 15) is 4.79 Å². The van der Waals surface area contributed by atoms with Crippen LogP contribution in [0.15, 0.2) is 61.3 Å². The van der Waals surface area contributed by atoms with E-state index in [2.05, 4.69) is 33.2 Å². The molecule has 1 amide bonds. The predicted octanol–water partition coefficient (Wildman–Crippen LogP) is 3.45. The van der Waals surface area contributed by atoms with E-state index in [1.54, 1.807) is 12.4 Å². The lowest BCUT2D eigenvalue weighted by atomic mass is 9.92. The van der Waals surface area contributed by atoms with Crippen molar-refractivity contribution in [2.24, 2.45) is 7.05 Å². The van der Waals surface area contributed by atoms with E-state index in [1.807, 2.05) is 41.0 Å². The van der Waals surface area contributed by atoms with Crippen LogP contribution in [0.2, 0.25) is 0 Å². The van der Waals surface area contributed by atoms with E-state index >= 15 is 0 Å². The Balaban J connectivity index is 1.42. The number of hydrogen-bond acceptors (Lipinski definition) is 5. The highest BCUT2D eigenvalue weighted by atomic mass is 16.2. The molecular formula is C23H22N6O. The molecule has 1 aliphatic heterocycles. The number of carbonyl (C=O) groups excluding carboxylic acids is 1. The van der Waals surface area contributed by atoms with E-state index in [-0.39, 0.29) is 5.91 Å². The molecule has 0 unspecified atom stereocenters. The van der Waals surface area contributed by atoms with Crippen LogP contribution in [0.5, 0.6) is 0 Å². The van der Waals surface area contributed by atoms with Gasteiger partial charge >= 0.3 is 0 Å². The van der Waals surface area contributed by atoms with Crippen LogP contribution in [0.3, 0.4) is 0 Å². The summed E-state index contributed by atoms with van der Waals surface area (Å²) in [7, 11) is 2.01.